The Kier molecular flexibility index (Phi) is 7.63. The molecule has 1 aromatic carbocycles. The quantitative estimate of drug-likeness (QED) is 0.876. The minimum Gasteiger partial charge on any atom is -0.354 e. The summed E-state index contributed by atoms with van der Waals surface area (Å²) in [6.45, 7) is 3.85. The SMILES string of the molecule is CCc1ccc(CCNC(=O)C2CCCCN2)cc1.Cl. The molecule has 0 aromatic heterocycles. The second-order valence-electron chi connectivity index (χ2n) is 5.21. The summed E-state index contributed by atoms with van der Waals surface area (Å²) in [5.41, 5.74) is 2.65. The molecule has 1 heterocycles. The molecule has 20 heavy (non-hydrogen) atoms. The monoisotopic (exact) mass is 296 g/mol. The Balaban J connectivity index is 0.00000200. The molecule has 3 nitrogen and oxygen atoms in total. The van der Waals surface area contributed by atoms with Gasteiger partial charge >= 0.3 is 0 Å². The van der Waals surface area contributed by atoms with Gasteiger partial charge in [0.1, 0.15) is 0 Å². The number of hydrogen-bond donors (Lipinski definition) is 2. The summed E-state index contributed by atoms with van der Waals surface area (Å²) in [7, 11) is 0. The number of carbonyl (C=O) groups is 1. The Morgan fingerprint density at radius 1 is 1.25 bits per heavy atom. The van der Waals surface area contributed by atoms with Crippen LogP contribution in [0.3, 0.4) is 0 Å². The molecule has 1 fully saturated rings. The van der Waals surface area contributed by atoms with Crippen molar-refractivity contribution in [2.45, 2.75) is 45.1 Å². The molecule has 0 saturated carbocycles. The second kappa shape index (κ2) is 8.98. The fraction of sp³-hybridized carbons (Fsp3) is 0.562. The number of aryl methyl sites for hydroxylation is 1. The lowest BCUT2D eigenvalue weighted by Gasteiger charge is -2.22. The van der Waals surface area contributed by atoms with Crippen LogP contribution in [0.2, 0.25) is 0 Å². The molecule has 0 bridgehead atoms. The average Bonchev–Trinajstić information content (AvgIpc) is 2.49. The van der Waals surface area contributed by atoms with E-state index in [0.29, 0.717) is 0 Å². The molecule has 1 aromatic rings. The van der Waals surface area contributed by atoms with Crippen molar-refractivity contribution < 1.29 is 4.79 Å². The summed E-state index contributed by atoms with van der Waals surface area (Å²) in [4.78, 5) is 11.9. The van der Waals surface area contributed by atoms with Gasteiger partial charge < -0.3 is 10.6 Å². The first-order valence-corrected chi connectivity index (χ1v) is 7.38. The predicted octanol–water partition coefficient (Wildman–Crippen LogP) is 2.47. The fourth-order valence-electron chi connectivity index (χ4n) is 2.47. The van der Waals surface area contributed by atoms with Crippen LogP contribution in [0.15, 0.2) is 24.3 Å². The summed E-state index contributed by atoms with van der Waals surface area (Å²) < 4.78 is 0. The van der Waals surface area contributed by atoms with Gasteiger partial charge in [0, 0.05) is 6.54 Å². The third-order valence-corrected chi connectivity index (χ3v) is 3.77. The molecule has 0 spiro atoms. The Bertz CT molecular complexity index is 399. The molecule has 1 unspecified atom stereocenters. The van der Waals surface area contributed by atoms with Crippen molar-refractivity contribution in [2.24, 2.45) is 0 Å². The van der Waals surface area contributed by atoms with E-state index in [1.54, 1.807) is 0 Å². The third kappa shape index (κ3) is 5.14. The number of benzene rings is 1. The molecule has 1 atom stereocenters. The zero-order valence-corrected chi connectivity index (χ0v) is 13.0. The molecule has 2 N–H and O–H groups in total. The van der Waals surface area contributed by atoms with E-state index in [0.717, 1.165) is 38.8 Å². The van der Waals surface area contributed by atoms with E-state index in [2.05, 4.69) is 41.8 Å². The van der Waals surface area contributed by atoms with Gasteiger partial charge in [-0.1, -0.05) is 37.6 Å². The maximum absolute atomic E-state index is 11.9. The second-order valence-corrected chi connectivity index (χ2v) is 5.21. The molecule has 1 amide bonds. The molecule has 1 aliphatic heterocycles. The number of piperidine rings is 1. The summed E-state index contributed by atoms with van der Waals surface area (Å²) in [6, 6.07) is 8.67. The normalized spacial score (nSPS) is 18.1. The number of halogens is 1. The molecule has 1 aliphatic rings. The van der Waals surface area contributed by atoms with E-state index in [4.69, 9.17) is 0 Å². The Labute approximate surface area is 127 Å². The van der Waals surface area contributed by atoms with E-state index in [-0.39, 0.29) is 24.4 Å². The first kappa shape index (κ1) is 17.0. The summed E-state index contributed by atoms with van der Waals surface area (Å²) in [5.74, 6) is 0.157. The van der Waals surface area contributed by atoms with E-state index < -0.39 is 0 Å². The van der Waals surface area contributed by atoms with E-state index in [1.165, 1.54) is 17.5 Å². The van der Waals surface area contributed by atoms with E-state index >= 15 is 0 Å². The van der Waals surface area contributed by atoms with Gasteiger partial charge in [-0.15, -0.1) is 12.4 Å². The van der Waals surface area contributed by atoms with Crippen LogP contribution >= 0.6 is 12.4 Å². The van der Waals surface area contributed by atoms with Crippen LogP contribution in [-0.4, -0.2) is 25.0 Å². The maximum atomic E-state index is 11.9. The van der Waals surface area contributed by atoms with Crippen molar-refractivity contribution in [2.75, 3.05) is 13.1 Å². The lowest BCUT2D eigenvalue weighted by atomic mass is 10.0. The largest absolute Gasteiger partial charge is 0.354 e. The van der Waals surface area contributed by atoms with Crippen molar-refractivity contribution >= 4 is 18.3 Å². The van der Waals surface area contributed by atoms with Gasteiger partial charge in [0.2, 0.25) is 5.91 Å². The molecule has 1 saturated heterocycles. The van der Waals surface area contributed by atoms with Crippen molar-refractivity contribution in [3.05, 3.63) is 35.4 Å². The summed E-state index contributed by atoms with van der Waals surface area (Å²) >= 11 is 0. The van der Waals surface area contributed by atoms with Crippen LogP contribution in [0.1, 0.15) is 37.3 Å². The van der Waals surface area contributed by atoms with Crippen LogP contribution in [0.4, 0.5) is 0 Å². The van der Waals surface area contributed by atoms with Crippen molar-refractivity contribution in [3.63, 3.8) is 0 Å². The lowest BCUT2D eigenvalue weighted by Crippen LogP contribution is -2.47. The molecular formula is C16H25ClN2O. The van der Waals surface area contributed by atoms with E-state index in [9.17, 15) is 4.79 Å². The molecule has 2 rings (SSSR count). The van der Waals surface area contributed by atoms with Crippen LogP contribution in [-0.2, 0) is 17.6 Å². The minimum atomic E-state index is 0. The highest BCUT2D eigenvalue weighted by Crippen LogP contribution is 2.07. The Hall–Kier alpha value is -1.06. The highest BCUT2D eigenvalue weighted by molar-refractivity contribution is 5.85. The zero-order chi connectivity index (χ0) is 13.5. The number of carbonyl (C=O) groups excluding carboxylic acids is 1. The predicted molar refractivity (Wildman–Crippen MR) is 85.4 cm³/mol. The van der Waals surface area contributed by atoms with Gasteiger partial charge in [0.15, 0.2) is 0 Å². The molecule has 0 aliphatic carbocycles. The van der Waals surface area contributed by atoms with Gasteiger partial charge in [-0.2, -0.15) is 0 Å². The first-order chi connectivity index (χ1) is 9.29. The van der Waals surface area contributed by atoms with Crippen molar-refractivity contribution in [1.29, 1.82) is 0 Å². The Morgan fingerprint density at radius 2 is 1.95 bits per heavy atom. The van der Waals surface area contributed by atoms with E-state index in [1.807, 2.05) is 0 Å². The number of amides is 1. The summed E-state index contributed by atoms with van der Waals surface area (Å²) in [5, 5.41) is 6.30. The standard InChI is InChI=1S/C16H24N2O.ClH/c1-2-13-6-8-14(9-7-13)10-12-18-16(19)15-5-3-4-11-17-15;/h6-9,15,17H,2-5,10-12H2,1H3,(H,18,19);1H. The third-order valence-electron chi connectivity index (χ3n) is 3.77. The van der Waals surface area contributed by atoms with Crippen molar-refractivity contribution in [1.82, 2.24) is 10.6 Å². The van der Waals surface area contributed by atoms with Crippen LogP contribution in [0.25, 0.3) is 0 Å². The first-order valence-electron chi connectivity index (χ1n) is 7.38. The molecular weight excluding hydrogens is 272 g/mol. The topological polar surface area (TPSA) is 41.1 Å². The Morgan fingerprint density at radius 3 is 2.55 bits per heavy atom. The maximum Gasteiger partial charge on any atom is 0.237 e. The van der Waals surface area contributed by atoms with Crippen molar-refractivity contribution in [3.8, 4) is 0 Å². The smallest absolute Gasteiger partial charge is 0.237 e. The minimum absolute atomic E-state index is 0. The fourth-order valence-corrected chi connectivity index (χ4v) is 2.47. The number of rotatable bonds is 5. The number of nitrogens with one attached hydrogen (secondary N) is 2. The molecule has 0 radical (unpaired) electrons. The highest BCUT2D eigenvalue weighted by Gasteiger charge is 2.19. The average molecular weight is 297 g/mol. The lowest BCUT2D eigenvalue weighted by molar-refractivity contribution is -0.123. The van der Waals surface area contributed by atoms with Gasteiger partial charge in [-0.3, -0.25) is 4.79 Å². The zero-order valence-electron chi connectivity index (χ0n) is 12.2. The van der Waals surface area contributed by atoms with Gasteiger partial charge in [0.05, 0.1) is 6.04 Å². The molecule has 112 valence electrons. The van der Waals surface area contributed by atoms with Gasteiger partial charge in [0.25, 0.3) is 0 Å². The van der Waals surface area contributed by atoms with Crippen LogP contribution < -0.4 is 10.6 Å². The highest BCUT2D eigenvalue weighted by atomic mass is 35.5. The van der Waals surface area contributed by atoms with Gasteiger partial charge in [-0.05, 0) is 43.4 Å². The van der Waals surface area contributed by atoms with Crippen LogP contribution in [0, 0.1) is 0 Å². The van der Waals surface area contributed by atoms with Gasteiger partial charge in [-0.25, -0.2) is 0 Å². The number of hydrogen-bond acceptors (Lipinski definition) is 2. The molecule has 4 heteroatoms. The van der Waals surface area contributed by atoms with Crippen LogP contribution in [0.5, 0.6) is 0 Å². The summed E-state index contributed by atoms with van der Waals surface area (Å²) in [6.07, 6.45) is 5.29.